The van der Waals surface area contributed by atoms with E-state index in [0.29, 0.717) is 16.5 Å². The number of fused-ring (bicyclic) bond motifs is 3. The number of benzene rings is 1. The molecule has 3 rings (SSSR count). The van der Waals surface area contributed by atoms with E-state index in [1.165, 1.54) is 0 Å². The van der Waals surface area contributed by atoms with E-state index in [1.54, 1.807) is 16.7 Å². The van der Waals surface area contributed by atoms with Gasteiger partial charge in [-0.2, -0.15) is 5.10 Å². The predicted molar refractivity (Wildman–Crippen MR) is 75.7 cm³/mol. The third kappa shape index (κ3) is 1.74. The normalized spacial score (nSPS) is 11.4. The summed E-state index contributed by atoms with van der Waals surface area (Å²) in [5, 5.41) is 7.57. The third-order valence-corrected chi connectivity index (χ3v) is 3.56. The summed E-state index contributed by atoms with van der Waals surface area (Å²) >= 11 is 6.26. The zero-order chi connectivity index (χ0) is 13.6. The molecule has 19 heavy (non-hydrogen) atoms. The maximum Gasteiger partial charge on any atom is 0.177 e. The molecule has 0 unspecified atom stereocenters. The summed E-state index contributed by atoms with van der Waals surface area (Å²) < 4.78 is 1.76. The van der Waals surface area contributed by atoms with Crippen molar-refractivity contribution in [1.82, 2.24) is 14.6 Å². The summed E-state index contributed by atoms with van der Waals surface area (Å²) in [7, 11) is 3.41. The zero-order valence-corrected chi connectivity index (χ0v) is 11.6. The molecule has 0 spiro atoms. The topological polar surface area (TPSA) is 42.7 Å². The lowest BCUT2D eigenvalue weighted by atomic mass is 10.2. The van der Waals surface area contributed by atoms with Gasteiger partial charge in [-0.05, 0) is 19.1 Å². The van der Waals surface area contributed by atoms with Gasteiger partial charge in [-0.25, -0.2) is 14.6 Å². The minimum absolute atomic E-state index is 0.566. The van der Waals surface area contributed by atoms with Crippen LogP contribution < -0.4 is 5.06 Å². The van der Waals surface area contributed by atoms with Crippen molar-refractivity contribution in [2.24, 2.45) is 0 Å². The summed E-state index contributed by atoms with van der Waals surface area (Å²) in [6.07, 6.45) is 0. The van der Waals surface area contributed by atoms with E-state index < -0.39 is 0 Å². The molecule has 0 saturated carbocycles. The summed E-state index contributed by atoms with van der Waals surface area (Å²) in [5.41, 5.74) is 2.34. The molecule has 1 aromatic carbocycles. The van der Waals surface area contributed by atoms with Crippen LogP contribution >= 0.6 is 11.6 Å². The molecule has 0 fully saturated rings. The van der Waals surface area contributed by atoms with Crippen molar-refractivity contribution in [1.29, 1.82) is 0 Å². The Morgan fingerprint density at radius 2 is 2.05 bits per heavy atom. The fourth-order valence-corrected chi connectivity index (χ4v) is 2.26. The quantitative estimate of drug-likeness (QED) is 0.675. The first-order valence-corrected chi connectivity index (χ1v) is 6.22. The van der Waals surface area contributed by atoms with Gasteiger partial charge in [-0.1, -0.05) is 23.7 Å². The van der Waals surface area contributed by atoms with E-state index in [0.717, 1.165) is 16.6 Å². The van der Waals surface area contributed by atoms with Crippen LogP contribution in [0.1, 0.15) is 5.69 Å². The Kier molecular flexibility index (Phi) is 2.80. The van der Waals surface area contributed by atoms with E-state index >= 15 is 0 Å². The average molecular weight is 277 g/mol. The minimum Gasteiger partial charge on any atom is -0.276 e. The molecule has 0 radical (unpaired) electrons. The summed E-state index contributed by atoms with van der Waals surface area (Å²) in [6.45, 7) is 1.87. The second-order valence-electron chi connectivity index (χ2n) is 4.27. The molecule has 5 nitrogen and oxygen atoms in total. The highest BCUT2D eigenvalue weighted by Crippen LogP contribution is 2.29. The second kappa shape index (κ2) is 4.36. The molecule has 98 valence electrons. The third-order valence-electron chi connectivity index (χ3n) is 3.12. The summed E-state index contributed by atoms with van der Waals surface area (Å²) in [4.78, 5) is 9.80. The van der Waals surface area contributed by atoms with Crippen molar-refractivity contribution in [3.05, 3.63) is 35.0 Å². The van der Waals surface area contributed by atoms with Crippen LogP contribution in [-0.4, -0.2) is 28.8 Å². The van der Waals surface area contributed by atoms with Gasteiger partial charge >= 0.3 is 0 Å². The number of hydroxylamine groups is 1. The van der Waals surface area contributed by atoms with Crippen molar-refractivity contribution < 1.29 is 4.84 Å². The number of anilines is 1. The molecule has 3 aromatic rings. The van der Waals surface area contributed by atoms with E-state index in [1.807, 2.05) is 38.2 Å². The minimum atomic E-state index is 0.566. The van der Waals surface area contributed by atoms with Crippen LogP contribution in [0.2, 0.25) is 5.02 Å². The van der Waals surface area contributed by atoms with Crippen molar-refractivity contribution in [3.8, 4) is 0 Å². The smallest absolute Gasteiger partial charge is 0.177 e. The molecule has 0 bridgehead atoms. The number of rotatable bonds is 2. The summed E-state index contributed by atoms with van der Waals surface area (Å²) in [6, 6.07) is 7.89. The Labute approximate surface area is 115 Å². The van der Waals surface area contributed by atoms with Gasteiger partial charge in [0.05, 0.1) is 18.3 Å². The molecule has 0 atom stereocenters. The zero-order valence-electron chi connectivity index (χ0n) is 10.9. The highest BCUT2D eigenvalue weighted by Gasteiger charge is 2.16. The fourth-order valence-electron chi connectivity index (χ4n) is 2.09. The van der Waals surface area contributed by atoms with Crippen LogP contribution in [0, 0.1) is 6.92 Å². The lowest BCUT2D eigenvalue weighted by molar-refractivity contribution is 0.183. The van der Waals surface area contributed by atoms with Gasteiger partial charge < -0.3 is 0 Å². The highest BCUT2D eigenvalue weighted by atomic mass is 35.5. The summed E-state index contributed by atoms with van der Waals surface area (Å²) in [5.74, 6) is 0.715. The van der Waals surface area contributed by atoms with Crippen molar-refractivity contribution >= 4 is 34.0 Å². The first kappa shape index (κ1) is 12.2. The van der Waals surface area contributed by atoms with E-state index in [-0.39, 0.29) is 0 Å². The lowest BCUT2D eigenvalue weighted by Crippen LogP contribution is -2.17. The molecular formula is C13H13ClN4O. The van der Waals surface area contributed by atoms with Crippen LogP contribution in [0.3, 0.4) is 0 Å². The van der Waals surface area contributed by atoms with Gasteiger partial charge in [0.25, 0.3) is 0 Å². The molecule has 2 aromatic heterocycles. The van der Waals surface area contributed by atoms with Crippen molar-refractivity contribution in [3.63, 3.8) is 0 Å². The average Bonchev–Trinajstić information content (AvgIpc) is 2.73. The molecule has 2 heterocycles. The molecule has 0 N–H and O–H groups in total. The molecule has 0 amide bonds. The number of hydrogen-bond donors (Lipinski definition) is 0. The molecule has 0 saturated heterocycles. The van der Waals surface area contributed by atoms with Crippen LogP contribution in [-0.2, 0) is 4.84 Å². The monoisotopic (exact) mass is 276 g/mol. The number of hydrogen-bond acceptors (Lipinski definition) is 4. The molecule has 6 heteroatoms. The molecular weight excluding hydrogens is 264 g/mol. The Morgan fingerprint density at radius 3 is 2.79 bits per heavy atom. The second-order valence-corrected chi connectivity index (χ2v) is 4.65. The van der Waals surface area contributed by atoms with E-state index in [9.17, 15) is 0 Å². The van der Waals surface area contributed by atoms with Crippen LogP contribution in [0.25, 0.3) is 16.6 Å². The van der Waals surface area contributed by atoms with Gasteiger partial charge in [-0.3, -0.25) is 4.84 Å². The first-order chi connectivity index (χ1) is 9.13. The van der Waals surface area contributed by atoms with Gasteiger partial charge in [-0.15, -0.1) is 0 Å². The number of aryl methyl sites for hydroxylation is 1. The van der Waals surface area contributed by atoms with Crippen molar-refractivity contribution in [2.75, 3.05) is 19.2 Å². The Hall–Kier alpha value is -1.85. The number of halogens is 1. The predicted octanol–water partition coefficient (Wildman–Crippen LogP) is 2.84. The Bertz CT molecular complexity index is 768. The van der Waals surface area contributed by atoms with Crippen LogP contribution in [0.15, 0.2) is 24.3 Å². The standard InChI is InChI=1S/C13H13ClN4O/c1-8-11(14)13-15-12(17(2)19-3)9-6-4-5-7-10(9)18(13)16-8/h4-7H,1-3H3. The maximum absolute atomic E-state index is 6.26. The molecule has 0 aliphatic heterocycles. The molecule has 0 aliphatic rings. The fraction of sp³-hybridized carbons (Fsp3) is 0.231. The Morgan fingerprint density at radius 1 is 1.32 bits per heavy atom. The SMILES string of the molecule is CON(C)c1nc2c(Cl)c(C)nn2c2ccccc12. The lowest BCUT2D eigenvalue weighted by Gasteiger charge is -2.17. The molecule has 0 aliphatic carbocycles. The largest absolute Gasteiger partial charge is 0.276 e. The highest BCUT2D eigenvalue weighted by molar-refractivity contribution is 6.34. The van der Waals surface area contributed by atoms with Gasteiger partial charge in [0.2, 0.25) is 0 Å². The first-order valence-electron chi connectivity index (χ1n) is 5.85. The number of nitrogens with zero attached hydrogens (tertiary/aromatic N) is 4. The van der Waals surface area contributed by atoms with Crippen molar-refractivity contribution in [2.45, 2.75) is 6.92 Å². The number of para-hydroxylation sites is 1. The van der Waals surface area contributed by atoms with Gasteiger partial charge in [0, 0.05) is 12.4 Å². The number of aromatic nitrogens is 3. The van der Waals surface area contributed by atoms with Gasteiger partial charge in [0.1, 0.15) is 5.02 Å². The van der Waals surface area contributed by atoms with E-state index in [2.05, 4.69) is 10.1 Å². The van der Waals surface area contributed by atoms with E-state index in [4.69, 9.17) is 16.4 Å². The van der Waals surface area contributed by atoms with Crippen LogP contribution in [0.5, 0.6) is 0 Å². The maximum atomic E-state index is 6.26. The van der Waals surface area contributed by atoms with Crippen LogP contribution in [0.4, 0.5) is 5.82 Å². The Balaban J connectivity index is 2.50. The van der Waals surface area contributed by atoms with Gasteiger partial charge in [0.15, 0.2) is 11.5 Å².